The lowest BCUT2D eigenvalue weighted by atomic mass is 10.0. The van der Waals surface area contributed by atoms with Crippen molar-refractivity contribution in [2.75, 3.05) is 6.61 Å². The summed E-state index contributed by atoms with van der Waals surface area (Å²) in [6, 6.07) is 4.65. The molecule has 0 aliphatic heterocycles. The maximum absolute atomic E-state index is 12.1. The largest absolute Gasteiger partial charge is 0.484 e. The molecule has 1 unspecified atom stereocenters. The van der Waals surface area contributed by atoms with Crippen LogP contribution in [-0.2, 0) is 16.0 Å². The fourth-order valence-electron chi connectivity index (χ4n) is 1.83. The number of carbonyl (C=O) groups is 2. The summed E-state index contributed by atoms with van der Waals surface area (Å²) >= 11 is 0. The third-order valence-corrected chi connectivity index (χ3v) is 2.91. The van der Waals surface area contributed by atoms with E-state index in [4.69, 9.17) is 5.11 Å². The van der Waals surface area contributed by atoms with Crippen molar-refractivity contribution in [1.29, 1.82) is 0 Å². The van der Waals surface area contributed by atoms with E-state index in [-0.39, 0.29) is 18.1 Å². The lowest BCUT2D eigenvalue weighted by Gasteiger charge is -2.18. The minimum atomic E-state index is -4.45. The molecule has 0 aromatic heterocycles. The molecule has 0 heterocycles. The number of hydrogen-bond donors (Lipinski definition) is 2. The number of halogens is 3. The molecule has 1 aromatic rings. The van der Waals surface area contributed by atoms with Gasteiger partial charge in [-0.2, -0.15) is 13.2 Å². The summed E-state index contributed by atoms with van der Waals surface area (Å²) in [5.74, 6) is -1.97. The van der Waals surface area contributed by atoms with Gasteiger partial charge in [-0.25, -0.2) is 4.79 Å². The highest BCUT2D eigenvalue weighted by Gasteiger charge is 2.28. The van der Waals surface area contributed by atoms with Crippen LogP contribution in [0.1, 0.15) is 19.4 Å². The zero-order valence-corrected chi connectivity index (χ0v) is 12.7. The molecule has 0 aliphatic rings. The van der Waals surface area contributed by atoms with Gasteiger partial charge in [0.05, 0.1) is 6.42 Å². The zero-order chi connectivity index (χ0) is 17.6. The Hall–Kier alpha value is -2.25. The van der Waals surface area contributed by atoms with Crippen LogP contribution in [0, 0.1) is 5.92 Å². The van der Waals surface area contributed by atoms with Gasteiger partial charge in [0, 0.05) is 0 Å². The van der Waals surface area contributed by atoms with Crippen molar-refractivity contribution in [1.82, 2.24) is 5.32 Å². The van der Waals surface area contributed by atoms with Crippen molar-refractivity contribution in [2.45, 2.75) is 32.5 Å². The highest BCUT2D eigenvalue weighted by molar-refractivity contribution is 5.85. The molecule has 5 nitrogen and oxygen atoms in total. The van der Waals surface area contributed by atoms with Gasteiger partial charge in [-0.3, -0.25) is 4.79 Å². The van der Waals surface area contributed by atoms with E-state index in [1.165, 1.54) is 18.2 Å². The summed E-state index contributed by atoms with van der Waals surface area (Å²) in [5.41, 5.74) is 0.426. The Balaban J connectivity index is 2.66. The molecular formula is C15H18F3NO4. The number of hydrogen-bond acceptors (Lipinski definition) is 3. The van der Waals surface area contributed by atoms with Gasteiger partial charge in [-0.15, -0.1) is 0 Å². The number of benzene rings is 1. The van der Waals surface area contributed by atoms with E-state index in [9.17, 15) is 22.8 Å². The van der Waals surface area contributed by atoms with Crippen LogP contribution in [0.4, 0.5) is 13.2 Å². The number of amides is 1. The second-order valence-electron chi connectivity index (χ2n) is 5.36. The second-order valence-corrected chi connectivity index (χ2v) is 5.36. The van der Waals surface area contributed by atoms with Crippen LogP contribution >= 0.6 is 0 Å². The molecule has 128 valence electrons. The van der Waals surface area contributed by atoms with Crippen molar-refractivity contribution >= 4 is 11.9 Å². The fraction of sp³-hybridized carbons (Fsp3) is 0.467. The van der Waals surface area contributed by atoms with Gasteiger partial charge < -0.3 is 15.2 Å². The molecule has 1 atom stereocenters. The molecule has 0 bridgehead atoms. The van der Waals surface area contributed by atoms with Gasteiger partial charge in [0.2, 0.25) is 5.91 Å². The molecular weight excluding hydrogens is 315 g/mol. The number of aliphatic carboxylic acids is 1. The average Bonchev–Trinajstić information content (AvgIpc) is 2.41. The highest BCUT2D eigenvalue weighted by Crippen LogP contribution is 2.19. The predicted molar refractivity (Wildman–Crippen MR) is 76.1 cm³/mol. The van der Waals surface area contributed by atoms with Crippen LogP contribution in [0.5, 0.6) is 5.75 Å². The van der Waals surface area contributed by atoms with E-state index >= 15 is 0 Å². The fourth-order valence-corrected chi connectivity index (χ4v) is 1.83. The molecule has 2 N–H and O–H groups in total. The van der Waals surface area contributed by atoms with Gasteiger partial charge in [-0.05, 0) is 23.6 Å². The van der Waals surface area contributed by atoms with Gasteiger partial charge in [0.1, 0.15) is 11.8 Å². The summed E-state index contributed by atoms with van der Waals surface area (Å²) in [5, 5.41) is 11.4. The molecule has 1 rings (SSSR count). The Kier molecular flexibility index (Phi) is 6.41. The smallest absolute Gasteiger partial charge is 0.422 e. The van der Waals surface area contributed by atoms with Crippen molar-refractivity contribution in [3.05, 3.63) is 29.8 Å². The third-order valence-electron chi connectivity index (χ3n) is 2.91. The van der Waals surface area contributed by atoms with E-state index in [1.54, 1.807) is 19.9 Å². The van der Waals surface area contributed by atoms with Crippen LogP contribution in [0.2, 0.25) is 0 Å². The second kappa shape index (κ2) is 7.85. The van der Waals surface area contributed by atoms with E-state index in [2.05, 4.69) is 10.1 Å². The van der Waals surface area contributed by atoms with E-state index in [1.807, 2.05) is 0 Å². The summed E-state index contributed by atoms with van der Waals surface area (Å²) in [4.78, 5) is 22.9. The Bertz CT molecular complexity index is 558. The van der Waals surface area contributed by atoms with Crippen LogP contribution < -0.4 is 10.1 Å². The standard InChI is InChI=1S/C15H18F3NO4/c1-9(2)13(14(21)22)19-12(20)7-10-4-3-5-11(6-10)23-8-15(16,17)18/h3-6,9,13H,7-8H2,1-2H3,(H,19,20)(H,21,22). The molecule has 0 aliphatic carbocycles. The number of nitrogens with one attached hydrogen (secondary N) is 1. The van der Waals surface area contributed by atoms with Crippen LogP contribution in [0.15, 0.2) is 24.3 Å². The first-order valence-corrected chi connectivity index (χ1v) is 6.89. The van der Waals surface area contributed by atoms with Crippen molar-refractivity contribution in [2.24, 2.45) is 5.92 Å². The molecule has 0 radical (unpaired) electrons. The minimum absolute atomic E-state index is 0.00808. The maximum atomic E-state index is 12.1. The van der Waals surface area contributed by atoms with Crippen LogP contribution in [0.3, 0.4) is 0 Å². The predicted octanol–water partition coefficient (Wildman–Crippen LogP) is 2.40. The summed E-state index contributed by atoms with van der Waals surface area (Å²) in [6.07, 6.45) is -4.60. The van der Waals surface area contributed by atoms with E-state index in [0.717, 1.165) is 0 Å². The van der Waals surface area contributed by atoms with Gasteiger partial charge in [0.15, 0.2) is 6.61 Å². The normalized spacial score (nSPS) is 12.8. The number of carboxylic acids is 1. The minimum Gasteiger partial charge on any atom is -0.484 e. The van der Waals surface area contributed by atoms with Gasteiger partial charge in [0.25, 0.3) is 0 Å². The number of ether oxygens (including phenoxy) is 1. The lowest BCUT2D eigenvalue weighted by molar-refractivity contribution is -0.153. The Morgan fingerprint density at radius 3 is 2.48 bits per heavy atom. The monoisotopic (exact) mass is 333 g/mol. The van der Waals surface area contributed by atoms with E-state index in [0.29, 0.717) is 5.56 Å². The average molecular weight is 333 g/mol. The first-order valence-electron chi connectivity index (χ1n) is 6.89. The number of rotatable bonds is 7. The number of carbonyl (C=O) groups excluding carboxylic acids is 1. The summed E-state index contributed by atoms with van der Waals surface area (Å²) < 4.78 is 40.9. The SMILES string of the molecule is CC(C)C(NC(=O)Cc1cccc(OCC(F)(F)F)c1)C(=O)O. The van der Waals surface area contributed by atoms with Gasteiger partial charge in [-0.1, -0.05) is 26.0 Å². The molecule has 0 saturated heterocycles. The van der Waals surface area contributed by atoms with Crippen molar-refractivity contribution in [3.8, 4) is 5.75 Å². The molecule has 1 aromatic carbocycles. The molecule has 23 heavy (non-hydrogen) atoms. The molecule has 8 heteroatoms. The Morgan fingerprint density at radius 1 is 1.30 bits per heavy atom. The quantitative estimate of drug-likeness (QED) is 0.803. The van der Waals surface area contributed by atoms with Crippen LogP contribution in [-0.4, -0.2) is 35.8 Å². The summed E-state index contributed by atoms with van der Waals surface area (Å²) in [7, 11) is 0. The molecule has 1 amide bonds. The Morgan fingerprint density at radius 2 is 1.96 bits per heavy atom. The number of alkyl halides is 3. The summed E-state index contributed by atoms with van der Waals surface area (Å²) in [6.45, 7) is 1.90. The molecule has 0 spiro atoms. The van der Waals surface area contributed by atoms with Crippen molar-refractivity contribution in [3.63, 3.8) is 0 Å². The third kappa shape index (κ3) is 7.03. The van der Waals surface area contributed by atoms with Gasteiger partial charge >= 0.3 is 12.1 Å². The highest BCUT2D eigenvalue weighted by atomic mass is 19.4. The Labute approximate surface area is 131 Å². The zero-order valence-electron chi connectivity index (χ0n) is 12.7. The molecule has 0 saturated carbocycles. The maximum Gasteiger partial charge on any atom is 0.422 e. The van der Waals surface area contributed by atoms with E-state index < -0.39 is 30.7 Å². The van der Waals surface area contributed by atoms with Crippen LogP contribution in [0.25, 0.3) is 0 Å². The molecule has 0 fully saturated rings. The topological polar surface area (TPSA) is 75.6 Å². The number of carboxylic acid groups (broad SMARTS) is 1. The van der Waals surface area contributed by atoms with Crippen molar-refractivity contribution < 1.29 is 32.6 Å². The lowest BCUT2D eigenvalue weighted by Crippen LogP contribution is -2.44. The first kappa shape index (κ1) is 18.8. The first-order chi connectivity index (χ1) is 10.6.